The molecule has 0 heterocycles. The minimum atomic E-state index is -0.272. The number of amides is 1. The van der Waals surface area contributed by atoms with Crippen molar-refractivity contribution in [3.63, 3.8) is 0 Å². The van der Waals surface area contributed by atoms with Crippen molar-refractivity contribution in [1.82, 2.24) is 5.32 Å². The van der Waals surface area contributed by atoms with Crippen molar-refractivity contribution in [1.29, 1.82) is 0 Å². The maximum atomic E-state index is 12.1. The first kappa shape index (κ1) is 18.1. The van der Waals surface area contributed by atoms with Crippen molar-refractivity contribution in [3.8, 4) is 0 Å². The third-order valence-corrected chi connectivity index (χ3v) is 4.93. The second-order valence-corrected chi connectivity index (χ2v) is 6.98. The van der Waals surface area contributed by atoms with Crippen LogP contribution in [0.25, 0.3) is 0 Å². The van der Waals surface area contributed by atoms with Gasteiger partial charge in [-0.2, -0.15) is 0 Å². The zero-order chi connectivity index (χ0) is 16.8. The standard InChI is InChI=1S/C17H17Cl2NO2S/c1-11(9-21)20-17(22)13-4-2-3-12(7-13)10-23-16-8-14(18)5-6-15(16)19/h2-8,11,21H,9-10H2,1H3,(H,20,22). The Kier molecular flexibility index (Phi) is 6.78. The lowest BCUT2D eigenvalue weighted by atomic mass is 10.1. The van der Waals surface area contributed by atoms with Crippen LogP contribution in [0, 0.1) is 0 Å². The molecule has 2 rings (SSSR count). The maximum Gasteiger partial charge on any atom is 0.251 e. The fraction of sp³-hybridized carbons (Fsp3) is 0.235. The summed E-state index contributed by atoms with van der Waals surface area (Å²) in [6.45, 7) is 1.66. The van der Waals surface area contributed by atoms with E-state index in [9.17, 15) is 4.79 Å². The van der Waals surface area contributed by atoms with E-state index in [0.29, 0.717) is 21.4 Å². The van der Waals surface area contributed by atoms with Gasteiger partial charge in [-0.15, -0.1) is 11.8 Å². The SMILES string of the molecule is CC(CO)NC(=O)c1cccc(CSc2cc(Cl)ccc2Cl)c1. The maximum absolute atomic E-state index is 12.1. The van der Waals surface area contributed by atoms with Gasteiger partial charge in [-0.25, -0.2) is 0 Å². The first-order valence-corrected chi connectivity index (χ1v) is 8.82. The molecule has 23 heavy (non-hydrogen) atoms. The Bertz CT molecular complexity index is 694. The van der Waals surface area contributed by atoms with E-state index in [1.165, 1.54) is 0 Å². The van der Waals surface area contributed by atoms with E-state index < -0.39 is 0 Å². The van der Waals surface area contributed by atoms with E-state index in [1.807, 2.05) is 24.3 Å². The van der Waals surface area contributed by atoms with Gasteiger partial charge in [0.25, 0.3) is 5.91 Å². The summed E-state index contributed by atoms with van der Waals surface area (Å²) in [4.78, 5) is 13.0. The molecule has 0 spiro atoms. The highest BCUT2D eigenvalue weighted by molar-refractivity contribution is 7.98. The topological polar surface area (TPSA) is 49.3 Å². The molecular weight excluding hydrogens is 353 g/mol. The van der Waals surface area contributed by atoms with E-state index in [2.05, 4.69) is 5.32 Å². The lowest BCUT2D eigenvalue weighted by Crippen LogP contribution is -2.34. The molecule has 1 unspecified atom stereocenters. The van der Waals surface area contributed by atoms with E-state index in [-0.39, 0.29) is 18.6 Å². The first-order valence-electron chi connectivity index (χ1n) is 7.08. The molecule has 0 aliphatic heterocycles. The predicted molar refractivity (Wildman–Crippen MR) is 96.5 cm³/mol. The number of carbonyl (C=O) groups is 1. The van der Waals surface area contributed by atoms with Gasteiger partial charge < -0.3 is 10.4 Å². The van der Waals surface area contributed by atoms with Crippen LogP contribution in [0.5, 0.6) is 0 Å². The fourth-order valence-electron chi connectivity index (χ4n) is 1.90. The molecule has 6 heteroatoms. The van der Waals surface area contributed by atoms with Crippen LogP contribution >= 0.6 is 35.0 Å². The van der Waals surface area contributed by atoms with Crippen molar-refractivity contribution < 1.29 is 9.90 Å². The number of aliphatic hydroxyl groups excluding tert-OH is 1. The van der Waals surface area contributed by atoms with Gasteiger partial charge in [0.2, 0.25) is 0 Å². The smallest absolute Gasteiger partial charge is 0.251 e. The average Bonchev–Trinajstić information content (AvgIpc) is 2.55. The third-order valence-electron chi connectivity index (χ3n) is 3.13. The molecule has 0 radical (unpaired) electrons. The van der Waals surface area contributed by atoms with Gasteiger partial charge in [-0.05, 0) is 42.8 Å². The summed E-state index contributed by atoms with van der Waals surface area (Å²) in [5, 5.41) is 13.0. The highest BCUT2D eigenvalue weighted by atomic mass is 35.5. The van der Waals surface area contributed by atoms with E-state index in [0.717, 1.165) is 10.5 Å². The molecule has 2 aromatic carbocycles. The minimum absolute atomic E-state index is 0.0887. The van der Waals surface area contributed by atoms with Crippen LogP contribution in [-0.4, -0.2) is 23.7 Å². The normalized spacial score (nSPS) is 12.0. The highest BCUT2D eigenvalue weighted by Crippen LogP contribution is 2.32. The van der Waals surface area contributed by atoms with Gasteiger partial charge >= 0.3 is 0 Å². The van der Waals surface area contributed by atoms with Crippen LogP contribution in [-0.2, 0) is 5.75 Å². The highest BCUT2D eigenvalue weighted by Gasteiger charge is 2.10. The number of rotatable bonds is 6. The molecule has 3 nitrogen and oxygen atoms in total. The molecular formula is C17H17Cl2NO2S. The Morgan fingerprint density at radius 2 is 2.04 bits per heavy atom. The monoisotopic (exact) mass is 369 g/mol. The summed E-state index contributed by atoms with van der Waals surface area (Å²) in [5.74, 6) is 0.482. The number of benzene rings is 2. The lowest BCUT2D eigenvalue weighted by molar-refractivity contribution is 0.0922. The quantitative estimate of drug-likeness (QED) is 0.742. The molecule has 1 atom stereocenters. The predicted octanol–water partition coefficient (Wildman–Crippen LogP) is 4.40. The third kappa shape index (κ3) is 5.43. The van der Waals surface area contributed by atoms with Gasteiger partial charge in [0.1, 0.15) is 0 Å². The van der Waals surface area contributed by atoms with Crippen molar-refractivity contribution in [3.05, 3.63) is 63.6 Å². The Morgan fingerprint density at radius 3 is 2.78 bits per heavy atom. The number of hydrogen-bond donors (Lipinski definition) is 2. The molecule has 0 saturated heterocycles. The summed E-state index contributed by atoms with van der Waals surface area (Å²) in [6, 6.07) is 12.5. The minimum Gasteiger partial charge on any atom is -0.394 e. The van der Waals surface area contributed by atoms with Crippen LogP contribution < -0.4 is 5.32 Å². The Morgan fingerprint density at radius 1 is 1.26 bits per heavy atom. The Balaban J connectivity index is 2.05. The summed E-state index contributed by atoms with van der Waals surface area (Å²) < 4.78 is 0. The average molecular weight is 370 g/mol. The van der Waals surface area contributed by atoms with Crippen LogP contribution in [0.3, 0.4) is 0 Å². The summed E-state index contributed by atoms with van der Waals surface area (Å²) in [5.41, 5.74) is 1.58. The molecule has 2 aromatic rings. The molecule has 0 fully saturated rings. The van der Waals surface area contributed by atoms with Gasteiger partial charge in [-0.1, -0.05) is 35.3 Å². The molecule has 0 aliphatic carbocycles. The van der Waals surface area contributed by atoms with Crippen molar-refractivity contribution in [2.24, 2.45) is 0 Å². The largest absolute Gasteiger partial charge is 0.394 e. The second kappa shape index (κ2) is 8.60. The number of carbonyl (C=O) groups excluding carboxylic acids is 1. The number of halogens is 2. The van der Waals surface area contributed by atoms with Crippen molar-refractivity contribution in [2.75, 3.05) is 6.61 Å². The van der Waals surface area contributed by atoms with Gasteiger partial charge in [0.05, 0.1) is 11.6 Å². The zero-order valence-corrected chi connectivity index (χ0v) is 14.9. The molecule has 122 valence electrons. The van der Waals surface area contributed by atoms with Crippen LogP contribution in [0.1, 0.15) is 22.8 Å². The molecule has 0 aromatic heterocycles. The molecule has 0 bridgehead atoms. The van der Waals surface area contributed by atoms with Gasteiger partial charge in [-0.3, -0.25) is 4.79 Å². The van der Waals surface area contributed by atoms with Gasteiger partial charge in [0.15, 0.2) is 0 Å². The lowest BCUT2D eigenvalue weighted by Gasteiger charge is -2.11. The molecule has 1 amide bonds. The van der Waals surface area contributed by atoms with E-state index >= 15 is 0 Å². The molecule has 0 saturated carbocycles. The summed E-state index contributed by atoms with van der Waals surface area (Å²) in [6.07, 6.45) is 0. The number of hydrogen-bond acceptors (Lipinski definition) is 3. The Hall–Kier alpha value is -1.20. The van der Waals surface area contributed by atoms with Crippen LogP contribution in [0.4, 0.5) is 0 Å². The van der Waals surface area contributed by atoms with E-state index in [1.54, 1.807) is 36.9 Å². The van der Waals surface area contributed by atoms with Crippen LogP contribution in [0.15, 0.2) is 47.4 Å². The van der Waals surface area contributed by atoms with Crippen LogP contribution in [0.2, 0.25) is 10.0 Å². The number of nitrogens with one attached hydrogen (secondary N) is 1. The first-order chi connectivity index (χ1) is 11.0. The Labute approximate surface area is 150 Å². The van der Waals surface area contributed by atoms with Crippen molar-refractivity contribution in [2.45, 2.75) is 23.6 Å². The molecule has 0 aliphatic rings. The molecule has 2 N–H and O–H groups in total. The fourth-order valence-corrected chi connectivity index (χ4v) is 3.34. The zero-order valence-electron chi connectivity index (χ0n) is 12.6. The second-order valence-electron chi connectivity index (χ2n) is 5.12. The van der Waals surface area contributed by atoms with Gasteiger partial charge in [0, 0.05) is 27.3 Å². The van der Waals surface area contributed by atoms with Crippen molar-refractivity contribution >= 4 is 40.9 Å². The summed E-state index contributed by atoms with van der Waals surface area (Å²) >= 11 is 13.7. The van der Waals surface area contributed by atoms with E-state index in [4.69, 9.17) is 28.3 Å². The summed E-state index contributed by atoms with van der Waals surface area (Å²) in [7, 11) is 0. The number of aliphatic hydroxyl groups is 1. The number of thioether (sulfide) groups is 1.